The van der Waals surface area contributed by atoms with E-state index in [2.05, 4.69) is 4.72 Å². The molecule has 0 saturated heterocycles. The molecule has 0 unspecified atom stereocenters. The van der Waals surface area contributed by atoms with E-state index in [-0.39, 0.29) is 11.7 Å². The summed E-state index contributed by atoms with van der Waals surface area (Å²) in [5, 5.41) is 8.93. The lowest BCUT2D eigenvalue weighted by molar-refractivity contribution is -0.139. The average molecular weight is 265 g/mol. The van der Waals surface area contributed by atoms with Crippen LogP contribution in [-0.4, -0.2) is 31.3 Å². The van der Waals surface area contributed by atoms with Gasteiger partial charge in [-0.3, -0.25) is 4.79 Å². The fourth-order valence-corrected chi connectivity index (χ4v) is 2.82. The van der Waals surface area contributed by atoms with E-state index in [1.807, 2.05) is 20.8 Å². The van der Waals surface area contributed by atoms with Crippen LogP contribution in [0.4, 0.5) is 0 Å². The van der Waals surface area contributed by atoms with Crippen molar-refractivity contribution in [3.63, 3.8) is 0 Å². The van der Waals surface area contributed by atoms with Crippen molar-refractivity contribution < 1.29 is 18.3 Å². The highest BCUT2D eigenvalue weighted by Crippen LogP contribution is 2.07. The van der Waals surface area contributed by atoms with E-state index in [1.165, 1.54) is 0 Å². The molecule has 102 valence electrons. The van der Waals surface area contributed by atoms with Crippen LogP contribution in [0.2, 0.25) is 0 Å². The molecule has 0 aliphatic rings. The third-order valence-electron chi connectivity index (χ3n) is 2.34. The summed E-state index contributed by atoms with van der Waals surface area (Å²) in [4.78, 5) is 10.9. The Bertz CT molecular complexity index is 324. The molecule has 0 saturated carbocycles. The maximum atomic E-state index is 11.6. The van der Waals surface area contributed by atoms with Crippen LogP contribution in [0.5, 0.6) is 0 Å². The summed E-state index contributed by atoms with van der Waals surface area (Å²) in [7, 11) is -3.47. The first-order chi connectivity index (χ1) is 7.78. The minimum Gasteiger partial charge on any atom is -0.480 e. The molecule has 0 bridgehead atoms. The predicted molar refractivity (Wildman–Crippen MR) is 67.3 cm³/mol. The Kier molecular flexibility index (Phi) is 7.38. The lowest BCUT2D eigenvalue weighted by atomic mass is 10.1. The summed E-state index contributed by atoms with van der Waals surface area (Å²) in [5.74, 6) is -0.977. The molecule has 2 N–H and O–H groups in total. The highest BCUT2D eigenvalue weighted by atomic mass is 32.2. The van der Waals surface area contributed by atoms with Crippen molar-refractivity contribution in [1.82, 2.24) is 4.72 Å². The van der Waals surface area contributed by atoms with Gasteiger partial charge in [-0.1, -0.05) is 33.6 Å². The molecule has 0 aliphatic heterocycles. The molecule has 0 amide bonds. The molecular formula is C11H23NO4S. The van der Waals surface area contributed by atoms with Crippen LogP contribution in [0.25, 0.3) is 0 Å². The Morgan fingerprint density at radius 1 is 1.29 bits per heavy atom. The van der Waals surface area contributed by atoms with Gasteiger partial charge in [-0.2, -0.15) is 0 Å². The molecule has 0 aromatic heterocycles. The molecule has 0 aromatic rings. The van der Waals surface area contributed by atoms with Crippen molar-refractivity contribution in [3.8, 4) is 0 Å². The summed E-state index contributed by atoms with van der Waals surface area (Å²) in [6, 6.07) is -1.01. The Hall–Kier alpha value is -0.620. The summed E-state index contributed by atoms with van der Waals surface area (Å²) < 4.78 is 25.5. The van der Waals surface area contributed by atoms with Crippen LogP contribution >= 0.6 is 0 Å². The molecular weight excluding hydrogens is 242 g/mol. The third-order valence-corrected chi connectivity index (χ3v) is 3.81. The van der Waals surface area contributed by atoms with Crippen molar-refractivity contribution in [2.75, 3.05) is 5.75 Å². The number of sulfonamides is 1. The van der Waals surface area contributed by atoms with E-state index in [0.717, 1.165) is 12.8 Å². The Balaban J connectivity index is 4.37. The number of hydrogen-bond donors (Lipinski definition) is 2. The molecule has 0 spiro atoms. The first-order valence-corrected chi connectivity index (χ1v) is 7.66. The number of hydrogen-bond acceptors (Lipinski definition) is 3. The molecule has 0 radical (unpaired) electrons. The maximum Gasteiger partial charge on any atom is 0.321 e. The number of rotatable bonds is 9. The highest BCUT2D eigenvalue weighted by molar-refractivity contribution is 7.89. The van der Waals surface area contributed by atoms with Gasteiger partial charge in [-0.25, -0.2) is 13.1 Å². The zero-order chi connectivity index (χ0) is 13.5. The van der Waals surface area contributed by atoms with E-state index >= 15 is 0 Å². The summed E-state index contributed by atoms with van der Waals surface area (Å²) >= 11 is 0. The SMILES string of the molecule is CCCCCS(=O)(=O)N[C@H](CC(C)C)C(=O)O. The van der Waals surface area contributed by atoms with Gasteiger partial charge in [0.1, 0.15) is 6.04 Å². The van der Waals surface area contributed by atoms with Crippen LogP contribution in [0, 0.1) is 5.92 Å². The second-order valence-corrected chi connectivity index (χ2v) is 6.54. The minimum absolute atomic E-state index is 0.00269. The smallest absolute Gasteiger partial charge is 0.321 e. The Morgan fingerprint density at radius 2 is 1.88 bits per heavy atom. The van der Waals surface area contributed by atoms with E-state index in [4.69, 9.17) is 5.11 Å². The Labute approximate surface area is 104 Å². The number of unbranched alkanes of at least 4 members (excludes halogenated alkanes) is 2. The second-order valence-electron chi connectivity index (χ2n) is 4.66. The molecule has 0 fully saturated rings. The quantitative estimate of drug-likeness (QED) is 0.620. The van der Waals surface area contributed by atoms with E-state index in [1.54, 1.807) is 0 Å². The predicted octanol–water partition coefficient (Wildman–Crippen LogP) is 1.60. The van der Waals surface area contributed by atoms with Crippen molar-refractivity contribution in [2.24, 2.45) is 5.92 Å². The van der Waals surface area contributed by atoms with Crippen molar-refractivity contribution in [2.45, 2.75) is 52.5 Å². The zero-order valence-corrected chi connectivity index (χ0v) is 11.6. The number of carboxylic acids is 1. The Morgan fingerprint density at radius 3 is 2.29 bits per heavy atom. The van der Waals surface area contributed by atoms with Gasteiger partial charge in [0.05, 0.1) is 5.75 Å². The van der Waals surface area contributed by atoms with Crippen LogP contribution in [0.15, 0.2) is 0 Å². The van der Waals surface area contributed by atoms with Gasteiger partial charge in [-0.15, -0.1) is 0 Å². The molecule has 0 aromatic carbocycles. The first kappa shape index (κ1) is 16.4. The van der Waals surface area contributed by atoms with Gasteiger partial charge in [-0.05, 0) is 18.8 Å². The van der Waals surface area contributed by atoms with Gasteiger partial charge in [0, 0.05) is 0 Å². The van der Waals surface area contributed by atoms with Gasteiger partial charge in [0.15, 0.2) is 0 Å². The average Bonchev–Trinajstić information content (AvgIpc) is 2.15. The van der Waals surface area contributed by atoms with Gasteiger partial charge in [0.25, 0.3) is 0 Å². The maximum absolute atomic E-state index is 11.6. The van der Waals surface area contributed by atoms with Gasteiger partial charge >= 0.3 is 5.97 Å². The summed E-state index contributed by atoms with van der Waals surface area (Å²) in [6.07, 6.45) is 2.65. The van der Waals surface area contributed by atoms with E-state index in [0.29, 0.717) is 12.8 Å². The fraction of sp³-hybridized carbons (Fsp3) is 0.909. The largest absolute Gasteiger partial charge is 0.480 e. The van der Waals surface area contributed by atoms with Gasteiger partial charge < -0.3 is 5.11 Å². The molecule has 6 heteroatoms. The molecule has 17 heavy (non-hydrogen) atoms. The van der Waals surface area contributed by atoms with Gasteiger partial charge in [0.2, 0.25) is 10.0 Å². The summed E-state index contributed by atoms with van der Waals surface area (Å²) in [6.45, 7) is 5.71. The molecule has 0 rings (SSSR count). The minimum atomic E-state index is -3.47. The van der Waals surface area contributed by atoms with Crippen molar-refractivity contribution in [3.05, 3.63) is 0 Å². The molecule has 5 nitrogen and oxygen atoms in total. The third kappa shape index (κ3) is 8.15. The van der Waals surface area contributed by atoms with Crippen LogP contribution in [-0.2, 0) is 14.8 Å². The molecule has 1 atom stereocenters. The first-order valence-electron chi connectivity index (χ1n) is 6.01. The lowest BCUT2D eigenvalue weighted by Crippen LogP contribution is -2.42. The van der Waals surface area contributed by atoms with E-state index in [9.17, 15) is 13.2 Å². The molecule has 0 heterocycles. The number of aliphatic carboxylic acids is 1. The monoisotopic (exact) mass is 265 g/mol. The van der Waals surface area contributed by atoms with Crippen LogP contribution in [0.3, 0.4) is 0 Å². The van der Waals surface area contributed by atoms with Crippen molar-refractivity contribution >= 4 is 16.0 Å². The number of carboxylic acid groups (broad SMARTS) is 1. The highest BCUT2D eigenvalue weighted by Gasteiger charge is 2.24. The number of nitrogens with one attached hydrogen (secondary N) is 1. The number of carbonyl (C=O) groups is 1. The lowest BCUT2D eigenvalue weighted by Gasteiger charge is -2.16. The molecule has 0 aliphatic carbocycles. The zero-order valence-electron chi connectivity index (χ0n) is 10.8. The summed E-state index contributed by atoms with van der Waals surface area (Å²) in [5.41, 5.74) is 0. The van der Waals surface area contributed by atoms with Crippen LogP contribution in [0.1, 0.15) is 46.5 Å². The normalized spacial score (nSPS) is 13.9. The van der Waals surface area contributed by atoms with Crippen LogP contribution < -0.4 is 4.72 Å². The fourth-order valence-electron chi connectivity index (χ4n) is 1.49. The second kappa shape index (κ2) is 7.66. The standard InChI is InChI=1S/C11H23NO4S/c1-4-5-6-7-17(15,16)12-10(11(13)14)8-9(2)3/h9-10,12H,4-8H2,1-3H3,(H,13,14)/t10-/m1/s1. The van der Waals surface area contributed by atoms with E-state index < -0.39 is 22.0 Å². The van der Waals surface area contributed by atoms with Crippen molar-refractivity contribution in [1.29, 1.82) is 0 Å². The topological polar surface area (TPSA) is 83.5 Å².